The standard InChI is InChI=1S/C16H9N3O3/c20-12-8-11-10(6-7-17-11)14-13(12)18-15(21)16(22)19(14)9-4-2-1-3-5-9/h1-8,20H. The van der Waals surface area contributed by atoms with Gasteiger partial charge in [0.1, 0.15) is 11.1 Å². The van der Waals surface area contributed by atoms with Gasteiger partial charge in [0.05, 0.1) is 11.0 Å². The van der Waals surface area contributed by atoms with Crippen molar-refractivity contribution < 1.29 is 14.7 Å². The van der Waals surface area contributed by atoms with Crippen molar-refractivity contribution in [2.24, 2.45) is 9.98 Å². The maximum atomic E-state index is 12.3. The summed E-state index contributed by atoms with van der Waals surface area (Å²) in [5.74, 6) is -1.85. The van der Waals surface area contributed by atoms with Crippen molar-refractivity contribution in [2.45, 2.75) is 0 Å². The van der Waals surface area contributed by atoms with Crippen LogP contribution in [0.5, 0.6) is 5.75 Å². The first-order valence-electron chi connectivity index (χ1n) is 6.59. The van der Waals surface area contributed by atoms with Gasteiger partial charge in [0, 0.05) is 23.5 Å². The Labute approximate surface area is 124 Å². The summed E-state index contributed by atoms with van der Waals surface area (Å²) in [6.45, 7) is 0. The van der Waals surface area contributed by atoms with Gasteiger partial charge >= 0.3 is 11.8 Å². The second kappa shape index (κ2) is 4.36. The molecule has 2 aliphatic heterocycles. The number of hydrogen-bond donors (Lipinski definition) is 1. The van der Waals surface area contributed by atoms with E-state index in [2.05, 4.69) is 9.98 Å². The Balaban J connectivity index is 2.13. The first-order valence-corrected chi connectivity index (χ1v) is 6.59. The van der Waals surface area contributed by atoms with Crippen molar-refractivity contribution >= 4 is 29.3 Å². The van der Waals surface area contributed by atoms with Crippen LogP contribution < -0.4 is 15.6 Å². The van der Waals surface area contributed by atoms with Gasteiger partial charge in [0.2, 0.25) is 0 Å². The number of carbonyl (C=O) groups is 2. The minimum absolute atomic E-state index is 0.0916. The number of para-hydroxylation sites is 1. The summed E-state index contributed by atoms with van der Waals surface area (Å²) < 4.78 is 0. The van der Waals surface area contributed by atoms with E-state index in [1.54, 1.807) is 36.5 Å². The molecule has 0 saturated carbocycles. The Morgan fingerprint density at radius 3 is 2.64 bits per heavy atom. The van der Waals surface area contributed by atoms with Crippen LogP contribution in [0.1, 0.15) is 5.56 Å². The minimum Gasteiger partial charge on any atom is -0.506 e. The molecule has 0 bridgehead atoms. The highest BCUT2D eigenvalue weighted by Gasteiger charge is 2.33. The number of benzene rings is 2. The summed E-state index contributed by atoms with van der Waals surface area (Å²) in [7, 11) is 0. The molecule has 2 aromatic carbocycles. The van der Waals surface area contributed by atoms with E-state index in [9.17, 15) is 14.7 Å². The zero-order valence-electron chi connectivity index (χ0n) is 11.2. The number of anilines is 2. The van der Waals surface area contributed by atoms with E-state index in [0.717, 1.165) is 0 Å². The molecule has 0 saturated heterocycles. The van der Waals surface area contributed by atoms with E-state index in [0.29, 0.717) is 22.3 Å². The van der Waals surface area contributed by atoms with Crippen LogP contribution in [0.25, 0.3) is 6.08 Å². The Morgan fingerprint density at radius 2 is 1.86 bits per heavy atom. The number of amides is 2. The lowest BCUT2D eigenvalue weighted by molar-refractivity contribution is -0.135. The first kappa shape index (κ1) is 12.5. The molecule has 4 rings (SSSR count). The zero-order valence-corrected chi connectivity index (χ0v) is 11.2. The highest BCUT2D eigenvalue weighted by Crippen LogP contribution is 2.29. The van der Waals surface area contributed by atoms with Crippen molar-refractivity contribution in [3.05, 3.63) is 58.9 Å². The van der Waals surface area contributed by atoms with Crippen molar-refractivity contribution in [1.82, 2.24) is 0 Å². The largest absolute Gasteiger partial charge is 0.506 e. The number of nitrogens with zero attached hydrogens (tertiary/aromatic N) is 3. The summed E-state index contributed by atoms with van der Waals surface area (Å²) in [6.07, 6.45) is 3.30. The number of rotatable bonds is 1. The van der Waals surface area contributed by atoms with E-state index in [-0.39, 0.29) is 11.1 Å². The lowest BCUT2D eigenvalue weighted by atomic mass is 10.1. The van der Waals surface area contributed by atoms with Crippen LogP contribution in [-0.4, -0.2) is 16.9 Å². The highest BCUT2D eigenvalue weighted by atomic mass is 16.3. The molecule has 6 nitrogen and oxygen atoms in total. The maximum Gasteiger partial charge on any atom is 0.336 e. The summed E-state index contributed by atoms with van der Waals surface area (Å²) in [4.78, 5) is 33.4. The van der Waals surface area contributed by atoms with Gasteiger partial charge in [-0.2, -0.15) is 4.99 Å². The summed E-state index contributed by atoms with van der Waals surface area (Å²) in [5, 5.41) is 10.7. The van der Waals surface area contributed by atoms with Gasteiger partial charge in [-0.05, 0) is 18.2 Å². The fourth-order valence-electron chi connectivity index (χ4n) is 2.62. The lowest BCUT2D eigenvalue weighted by Gasteiger charge is -2.25. The molecular formula is C16H9N3O3. The number of phenols is 1. The number of aromatic hydroxyl groups is 1. The predicted octanol–water partition coefficient (Wildman–Crippen LogP) is 0.821. The van der Waals surface area contributed by atoms with Crippen LogP contribution in [0, 0.1) is 0 Å². The number of carbonyl (C=O) groups excluding carboxylic acids is 2. The van der Waals surface area contributed by atoms with Crippen molar-refractivity contribution in [2.75, 3.05) is 4.90 Å². The van der Waals surface area contributed by atoms with E-state index in [1.807, 2.05) is 6.07 Å². The Morgan fingerprint density at radius 1 is 1.09 bits per heavy atom. The smallest absolute Gasteiger partial charge is 0.336 e. The minimum atomic E-state index is -0.912. The normalized spacial score (nSPS) is 15.2. The van der Waals surface area contributed by atoms with E-state index >= 15 is 0 Å². The van der Waals surface area contributed by atoms with Gasteiger partial charge in [-0.1, -0.05) is 18.2 Å². The second-order valence-corrected chi connectivity index (χ2v) is 4.86. The first-order chi connectivity index (χ1) is 10.7. The highest BCUT2D eigenvalue weighted by molar-refractivity contribution is 6.43. The van der Waals surface area contributed by atoms with Gasteiger partial charge in [0.25, 0.3) is 0 Å². The summed E-state index contributed by atoms with van der Waals surface area (Å²) >= 11 is 0. The molecule has 2 heterocycles. The van der Waals surface area contributed by atoms with E-state index in [4.69, 9.17) is 0 Å². The molecule has 22 heavy (non-hydrogen) atoms. The molecule has 0 aliphatic carbocycles. The molecule has 0 radical (unpaired) electrons. The summed E-state index contributed by atoms with van der Waals surface area (Å²) in [5.41, 5.74) is 1.56. The predicted molar refractivity (Wildman–Crippen MR) is 78.0 cm³/mol. The van der Waals surface area contributed by atoms with Crippen LogP contribution in [0.2, 0.25) is 0 Å². The van der Waals surface area contributed by atoms with Gasteiger partial charge in [-0.3, -0.25) is 19.5 Å². The second-order valence-electron chi connectivity index (χ2n) is 4.86. The van der Waals surface area contributed by atoms with Crippen LogP contribution in [0.4, 0.5) is 11.4 Å². The van der Waals surface area contributed by atoms with Crippen LogP contribution >= 0.6 is 0 Å². The third-order valence-electron chi connectivity index (χ3n) is 3.56. The average molecular weight is 291 g/mol. The topological polar surface area (TPSA) is 82.3 Å². The third-order valence-corrected chi connectivity index (χ3v) is 3.56. The zero-order chi connectivity index (χ0) is 15.3. The molecule has 2 amide bonds. The Bertz CT molecular complexity index is 978. The Kier molecular flexibility index (Phi) is 2.47. The van der Waals surface area contributed by atoms with Crippen molar-refractivity contribution in [3.8, 4) is 5.75 Å². The number of phenolic OH excluding ortho intramolecular Hbond substituents is 1. The molecule has 6 heteroatoms. The molecule has 1 N–H and O–H groups in total. The van der Waals surface area contributed by atoms with Crippen LogP contribution in [-0.2, 0) is 9.59 Å². The molecule has 0 unspecified atom stereocenters. The third kappa shape index (κ3) is 1.61. The van der Waals surface area contributed by atoms with Crippen molar-refractivity contribution in [3.63, 3.8) is 0 Å². The Hall–Kier alpha value is -3.28. The van der Waals surface area contributed by atoms with Crippen LogP contribution in [0.15, 0.2) is 52.6 Å². The van der Waals surface area contributed by atoms with Gasteiger partial charge in [-0.15, -0.1) is 0 Å². The monoisotopic (exact) mass is 291 g/mol. The number of fused-ring (bicyclic) bond motifs is 3. The molecule has 2 aromatic rings. The fraction of sp³-hybridized carbons (Fsp3) is 0. The van der Waals surface area contributed by atoms with Gasteiger partial charge in [-0.25, -0.2) is 0 Å². The average Bonchev–Trinajstić information content (AvgIpc) is 2.98. The molecule has 106 valence electrons. The summed E-state index contributed by atoms with van der Waals surface area (Å²) in [6, 6.07) is 10.2. The van der Waals surface area contributed by atoms with Crippen LogP contribution in [0.3, 0.4) is 0 Å². The molecule has 0 aromatic heterocycles. The molecular weight excluding hydrogens is 282 g/mol. The van der Waals surface area contributed by atoms with E-state index in [1.165, 1.54) is 11.0 Å². The van der Waals surface area contributed by atoms with Gasteiger partial charge in [0.15, 0.2) is 0 Å². The fourth-order valence-corrected chi connectivity index (χ4v) is 2.62. The SMILES string of the molecule is O=C1N=c2c(O)cc3c(c2N(c2ccccc2)C1=O)C=CN=3. The maximum absolute atomic E-state index is 12.3. The quantitative estimate of drug-likeness (QED) is 0.790. The van der Waals surface area contributed by atoms with Gasteiger partial charge < -0.3 is 5.11 Å². The molecule has 0 spiro atoms. The van der Waals surface area contributed by atoms with Crippen molar-refractivity contribution in [1.29, 1.82) is 0 Å². The lowest BCUT2D eigenvalue weighted by Crippen LogP contribution is -2.41. The molecule has 0 atom stereocenters. The molecule has 0 fully saturated rings. The number of hydrogen-bond acceptors (Lipinski definition) is 4. The van der Waals surface area contributed by atoms with E-state index < -0.39 is 11.8 Å². The molecule has 2 aliphatic rings.